The van der Waals surface area contributed by atoms with E-state index in [9.17, 15) is 19.5 Å². The molecule has 0 unspecified atom stereocenters. The van der Waals surface area contributed by atoms with Gasteiger partial charge in [0.2, 0.25) is 11.8 Å². The number of aromatic nitrogens is 4. The van der Waals surface area contributed by atoms with Crippen LogP contribution in [0.15, 0.2) is 35.4 Å². The van der Waals surface area contributed by atoms with Crippen molar-refractivity contribution in [3.05, 3.63) is 63.3 Å². The Bertz CT molecular complexity index is 1350. The molecule has 10 heteroatoms. The van der Waals surface area contributed by atoms with Gasteiger partial charge in [0.05, 0.1) is 5.69 Å². The summed E-state index contributed by atoms with van der Waals surface area (Å²) in [5.41, 5.74) is 1.36. The van der Waals surface area contributed by atoms with Crippen LogP contribution in [0.1, 0.15) is 53.9 Å². The average molecular weight is 479 g/mol. The zero-order valence-electron chi connectivity index (χ0n) is 20.4. The maximum atomic E-state index is 13.4. The van der Waals surface area contributed by atoms with Crippen molar-refractivity contribution in [2.24, 2.45) is 5.92 Å². The summed E-state index contributed by atoms with van der Waals surface area (Å²) in [4.78, 5) is 44.5. The number of likely N-dealkylation sites (N-methyl/N-ethyl adjacent to an activating group) is 1. The zero-order chi connectivity index (χ0) is 25.3. The Morgan fingerprint density at radius 2 is 2.09 bits per heavy atom. The molecule has 0 aliphatic heterocycles. The van der Waals surface area contributed by atoms with Gasteiger partial charge in [-0.25, -0.2) is 0 Å². The number of aromatic hydroxyl groups is 1. The van der Waals surface area contributed by atoms with Crippen LogP contribution in [0.25, 0.3) is 11.7 Å². The quantitative estimate of drug-likeness (QED) is 0.479. The van der Waals surface area contributed by atoms with Gasteiger partial charge >= 0.3 is 0 Å². The molecule has 1 aliphatic carbocycles. The summed E-state index contributed by atoms with van der Waals surface area (Å²) in [5.74, 6) is -1.27. The Hall–Kier alpha value is -3.95. The molecule has 0 radical (unpaired) electrons. The van der Waals surface area contributed by atoms with Crippen molar-refractivity contribution in [2.75, 3.05) is 7.05 Å². The van der Waals surface area contributed by atoms with E-state index < -0.39 is 17.3 Å². The number of pyridine rings is 1. The fourth-order valence-corrected chi connectivity index (χ4v) is 3.91. The van der Waals surface area contributed by atoms with Gasteiger partial charge in [0.15, 0.2) is 5.56 Å². The lowest BCUT2D eigenvalue weighted by atomic mass is 10.1. The SMILES string of the molecule is Cc1nn2c(O)c(C(=O)NC3CC3)c(=O)n(CC(C)C)c2c1C=CC(=O)N(C)Cc1cccnc1. The summed E-state index contributed by atoms with van der Waals surface area (Å²) >= 11 is 0. The molecule has 0 atom stereocenters. The highest BCUT2D eigenvalue weighted by Crippen LogP contribution is 2.25. The summed E-state index contributed by atoms with van der Waals surface area (Å²) in [7, 11) is 1.69. The van der Waals surface area contributed by atoms with Crippen LogP contribution < -0.4 is 10.9 Å². The number of hydrogen-bond acceptors (Lipinski definition) is 6. The fourth-order valence-electron chi connectivity index (χ4n) is 3.91. The highest BCUT2D eigenvalue weighted by atomic mass is 16.3. The van der Waals surface area contributed by atoms with Crippen molar-refractivity contribution in [3.63, 3.8) is 0 Å². The van der Waals surface area contributed by atoms with Crippen LogP contribution in [0, 0.1) is 12.8 Å². The molecule has 3 aromatic rings. The van der Waals surface area contributed by atoms with E-state index in [0.29, 0.717) is 30.0 Å². The van der Waals surface area contributed by atoms with E-state index in [4.69, 9.17) is 0 Å². The maximum Gasteiger partial charge on any atom is 0.270 e. The number of fused-ring (bicyclic) bond motifs is 1. The molecule has 184 valence electrons. The van der Waals surface area contributed by atoms with Crippen LogP contribution in [-0.4, -0.2) is 54.1 Å². The van der Waals surface area contributed by atoms with Gasteiger partial charge < -0.3 is 15.3 Å². The molecule has 2 N–H and O–H groups in total. The largest absolute Gasteiger partial charge is 0.492 e. The average Bonchev–Trinajstić information content (AvgIpc) is 3.56. The molecule has 1 fully saturated rings. The molecule has 0 saturated heterocycles. The standard InChI is InChI=1S/C25H30N6O4/c1-15(2)13-30-23-19(9-10-20(32)29(4)14-17-6-5-11-26-12-17)16(3)28-31(23)25(35)21(24(30)34)22(33)27-18-7-8-18/h5-6,9-12,15,18,35H,7-8,13-14H2,1-4H3,(H,27,33). The number of carbonyl (C=O) groups is 2. The van der Waals surface area contributed by atoms with Crippen molar-refractivity contribution in [1.29, 1.82) is 0 Å². The van der Waals surface area contributed by atoms with Gasteiger partial charge in [0, 0.05) is 50.2 Å². The molecule has 10 nitrogen and oxygen atoms in total. The van der Waals surface area contributed by atoms with E-state index >= 15 is 0 Å². The van der Waals surface area contributed by atoms with E-state index in [1.807, 2.05) is 26.0 Å². The van der Waals surface area contributed by atoms with Crippen LogP contribution >= 0.6 is 0 Å². The molecule has 35 heavy (non-hydrogen) atoms. The van der Waals surface area contributed by atoms with Gasteiger partial charge in [-0.2, -0.15) is 9.61 Å². The summed E-state index contributed by atoms with van der Waals surface area (Å²) < 4.78 is 2.67. The van der Waals surface area contributed by atoms with Gasteiger partial charge in [-0.3, -0.25) is 23.9 Å². The first-order chi connectivity index (χ1) is 16.7. The summed E-state index contributed by atoms with van der Waals surface area (Å²) in [5, 5.41) is 18.0. The maximum absolute atomic E-state index is 13.4. The minimum Gasteiger partial charge on any atom is -0.492 e. The van der Waals surface area contributed by atoms with Crippen LogP contribution in [0.3, 0.4) is 0 Å². The van der Waals surface area contributed by atoms with Crippen molar-refractivity contribution >= 4 is 23.5 Å². The third-order valence-electron chi connectivity index (χ3n) is 5.82. The molecule has 2 amide bonds. The van der Waals surface area contributed by atoms with E-state index in [-0.39, 0.29) is 23.4 Å². The Morgan fingerprint density at radius 1 is 1.34 bits per heavy atom. The number of aryl methyl sites for hydroxylation is 1. The molecule has 3 aromatic heterocycles. The van der Waals surface area contributed by atoms with Crippen LogP contribution in [-0.2, 0) is 17.9 Å². The number of nitrogens with one attached hydrogen (secondary N) is 1. The summed E-state index contributed by atoms with van der Waals surface area (Å²) in [6.07, 6.45) is 8.09. The smallest absolute Gasteiger partial charge is 0.270 e. The number of rotatable bonds is 8. The lowest BCUT2D eigenvalue weighted by molar-refractivity contribution is -0.125. The fraction of sp³-hybridized carbons (Fsp3) is 0.400. The van der Waals surface area contributed by atoms with E-state index in [0.717, 1.165) is 18.4 Å². The topological polar surface area (TPSA) is 122 Å². The van der Waals surface area contributed by atoms with Crippen molar-refractivity contribution in [1.82, 2.24) is 29.4 Å². The van der Waals surface area contributed by atoms with Gasteiger partial charge in [0.25, 0.3) is 11.5 Å². The first-order valence-electron chi connectivity index (χ1n) is 11.7. The minimum atomic E-state index is -0.605. The van der Waals surface area contributed by atoms with Crippen LogP contribution in [0.2, 0.25) is 0 Å². The second-order valence-electron chi connectivity index (χ2n) is 9.38. The zero-order valence-corrected chi connectivity index (χ0v) is 20.4. The summed E-state index contributed by atoms with van der Waals surface area (Å²) in [6.45, 7) is 6.34. The Kier molecular flexibility index (Phi) is 6.72. The monoisotopic (exact) mass is 478 g/mol. The van der Waals surface area contributed by atoms with Crippen molar-refractivity contribution in [2.45, 2.75) is 52.7 Å². The number of nitrogens with zero attached hydrogens (tertiary/aromatic N) is 5. The van der Waals surface area contributed by atoms with E-state index in [1.165, 1.54) is 15.2 Å². The predicted molar refractivity (Wildman–Crippen MR) is 131 cm³/mol. The van der Waals surface area contributed by atoms with E-state index in [1.54, 1.807) is 37.3 Å². The van der Waals surface area contributed by atoms with Gasteiger partial charge in [-0.05, 0) is 43.4 Å². The highest BCUT2D eigenvalue weighted by molar-refractivity contribution is 5.97. The van der Waals surface area contributed by atoms with Crippen LogP contribution in [0.4, 0.5) is 0 Å². The second kappa shape index (κ2) is 9.73. The van der Waals surface area contributed by atoms with E-state index in [2.05, 4.69) is 15.4 Å². The normalized spacial score (nSPS) is 13.6. The van der Waals surface area contributed by atoms with Gasteiger partial charge in [-0.15, -0.1) is 0 Å². The Labute approximate surface area is 202 Å². The molecule has 4 rings (SSSR count). The molecule has 1 saturated carbocycles. The van der Waals surface area contributed by atoms with Gasteiger partial charge in [0.1, 0.15) is 5.65 Å². The number of carbonyl (C=O) groups excluding carboxylic acids is 2. The molecular formula is C25H30N6O4. The Balaban J connectivity index is 1.74. The first-order valence-corrected chi connectivity index (χ1v) is 11.7. The molecule has 0 bridgehead atoms. The molecule has 0 aromatic carbocycles. The highest BCUT2D eigenvalue weighted by Gasteiger charge is 2.30. The van der Waals surface area contributed by atoms with Gasteiger partial charge in [-0.1, -0.05) is 19.9 Å². The predicted octanol–water partition coefficient (Wildman–Crippen LogP) is 2.13. The third kappa shape index (κ3) is 5.11. The molecule has 0 spiro atoms. The summed E-state index contributed by atoms with van der Waals surface area (Å²) in [6, 6.07) is 3.73. The molecule has 1 aliphatic rings. The number of amides is 2. The lowest BCUT2D eigenvalue weighted by Crippen LogP contribution is -2.36. The minimum absolute atomic E-state index is 0.0306. The second-order valence-corrected chi connectivity index (χ2v) is 9.38. The molecule has 3 heterocycles. The van der Waals surface area contributed by atoms with Crippen molar-refractivity contribution in [3.8, 4) is 5.88 Å². The number of hydrogen-bond donors (Lipinski definition) is 2. The third-order valence-corrected chi connectivity index (χ3v) is 5.82. The van der Waals surface area contributed by atoms with Crippen LogP contribution in [0.5, 0.6) is 5.88 Å². The van der Waals surface area contributed by atoms with Crippen molar-refractivity contribution < 1.29 is 14.7 Å². The lowest BCUT2D eigenvalue weighted by Gasteiger charge is -2.16. The molecular weight excluding hydrogens is 448 g/mol. The Morgan fingerprint density at radius 3 is 2.71 bits per heavy atom. The first kappa shape index (κ1) is 24.2.